The van der Waals surface area contributed by atoms with E-state index in [1.165, 1.54) is 83.5 Å². The molecular weight excluding hydrogens is 642 g/mol. The predicted octanol–water partition coefficient (Wildman–Crippen LogP) is 10.7. The van der Waals surface area contributed by atoms with Crippen molar-refractivity contribution in [3.8, 4) is 0 Å². The van der Waals surface area contributed by atoms with Gasteiger partial charge in [0.25, 0.3) is 0 Å². The minimum Gasteiger partial charge on any atom is -0.477 e. The quantitative estimate of drug-likeness (QED) is 0.0298. The number of hydrogen-bond acceptors (Lipinski definition) is 6. The zero-order valence-corrected chi connectivity index (χ0v) is 33.6. The van der Waals surface area contributed by atoms with E-state index in [2.05, 4.69) is 50.3 Å². The van der Waals surface area contributed by atoms with Crippen LogP contribution in [0.4, 0.5) is 0 Å². The zero-order chi connectivity index (χ0) is 37.8. The van der Waals surface area contributed by atoms with Gasteiger partial charge in [-0.05, 0) is 38.5 Å². The van der Waals surface area contributed by atoms with Crippen molar-refractivity contribution >= 4 is 17.9 Å². The summed E-state index contributed by atoms with van der Waals surface area (Å²) in [6.45, 7) is 4.56. The Labute approximate surface area is 313 Å². The average Bonchev–Trinajstić information content (AvgIpc) is 3.08. The summed E-state index contributed by atoms with van der Waals surface area (Å²) in [4.78, 5) is 36.8. The Balaban J connectivity index is 4.38. The second kappa shape index (κ2) is 34.6. The van der Waals surface area contributed by atoms with Crippen molar-refractivity contribution in [2.24, 2.45) is 0 Å². The van der Waals surface area contributed by atoms with Gasteiger partial charge in [-0.2, -0.15) is 0 Å². The number of unbranched alkanes of at least 4 members (excludes halogenated alkanes) is 16. The molecule has 0 heterocycles. The third-order valence-corrected chi connectivity index (χ3v) is 9.05. The molecule has 0 saturated heterocycles. The lowest BCUT2D eigenvalue weighted by Crippen LogP contribution is -2.50. The maximum atomic E-state index is 12.6. The summed E-state index contributed by atoms with van der Waals surface area (Å²) < 4.78 is 17.2. The van der Waals surface area contributed by atoms with E-state index in [1.807, 2.05) is 21.1 Å². The number of quaternary nitrogens is 1. The molecule has 0 aliphatic heterocycles. The van der Waals surface area contributed by atoms with Crippen molar-refractivity contribution in [2.45, 2.75) is 180 Å². The monoisotopic (exact) mass is 721 g/mol. The highest BCUT2D eigenvalue weighted by Crippen LogP contribution is 2.15. The molecule has 0 rings (SSSR count). The van der Waals surface area contributed by atoms with Crippen molar-refractivity contribution < 1.29 is 38.2 Å². The van der Waals surface area contributed by atoms with Gasteiger partial charge in [-0.1, -0.05) is 147 Å². The van der Waals surface area contributed by atoms with Crippen LogP contribution < -0.4 is 0 Å². The lowest BCUT2D eigenvalue weighted by molar-refractivity contribution is -0.887. The number of nitrogens with zero attached hydrogens (tertiary/aromatic N) is 1. The van der Waals surface area contributed by atoms with Gasteiger partial charge in [0.2, 0.25) is 0 Å². The van der Waals surface area contributed by atoms with E-state index >= 15 is 0 Å². The van der Waals surface area contributed by atoms with Crippen LogP contribution in [0.25, 0.3) is 0 Å². The summed E-state index contributed by atoms with van der Waals surface area (Å²) in [7, 11) is 5.50. The molecule has 0 aliphatic carbocycles. The van der Waals surface area contributed by atoms with Crippen molar-refractivity contribution in [2.75, 3.05) is 41.0 Å². The number of carboxylic acid groups (broad SMARTS) is 1. The number of hydrogen-bond donors (Lipinski definition) is 1. The molecule has 0 radical (unpaired) electrons. The Morgan fingerprint density at radius 2 is 1.10 bits per heavy atom. The van der Waals surface area contributed by atoms with Crippen LogP contribution in [-0.2, 0) is 28.6 Å². The molecule has 0 aliphatic rings. The van der Waals surface area contributed by atoms with Gasteiger partial charge in [-0.25, -0.2) is 4.79 Å². The number of likely N-dealkylation sites (N-methyl/N-ethyl adjacent to an activating group) is 1. The van der Waals surface area contributed by atoms with Crippen LogP contribution in [0.15, 0.2) is 36.5 Å². The van der Waals surface area contributed by atoms with Gasteiger partial charge in [0.05, 0.1) is 34.4 Å². The van der Waals surface area contributed by atoms with Gasteiger partial charge >= 0.3 is 17.9 Å². The van der Waals surface area contributed by atoms with Gasteiger partial charge < -0.3 is 23.8 Å². The third kappa shape index (κ3) is 33.2. The largest absolute Gasteiger partial charge is 0.477 e. The molecule has 51 heavy (non-hydrogen) atoms. The lowest BCUT2D eigenvalue weighted by Gasteiger charge is -2.31. The van der Waals surface area contributed by atoms with Crippen molar-refractivity contribution in [3.63, 3.8) is 0 Å². The molecule has 8 nitrogen and oxygen atoms in total. The smallest absolute Gasteiger partial charge is 0.362 e. The third-order valence-electron chi connectivity index (χ3n) is 9.05. The van der Waals surface area contributed by atoms with Gasteiger partial charge in [0.15, 0.2) is 12.1 Å². The maximum absolute atomic E-state index is 12.6. The minimum absolute atomic E-state index is 0.0429. The van der Waals surface area contributed by atoms with Crippen molar-refractivity contribution in [3.05, 3.63) is 36.5 Å². The van der Waals surface area contributed by atoms with Crippen molar-refractivity contribution in [1.29, 1.82) is 0 Å². The van der Waals surface area contributed by atoms with Crippen LogP contribution in [0.3, 0.4) is 0 Å². The molecule has 8 heteroatoms. The molecule has 296 valence electrons. The second-order valence-corrected chi connectivity index (χ2v) is 14.9. The van der Waals surface area contributed by atoms with E-state index in [0.29, 0.717) is 19.3 Å². The van der Waals surface area contributed by atoms with Crippen LogP contribution in [0, 0.1) is 0 Å². The van der Waals surface area contributed by atoms with Gasteiger partial charge in [-0.15, -0.1) is 0 Å². The van der Waals surface area contributed by atoms with Crippen LogP contribution in [0.2, 0.25) is 0 Å². The van der Waals surface area contributed by atoms with Gasteiger partial charge in [-0.3, -0.25) is 9.59 Å². The number of rotatable bonds is 36. The molecule has 0 bridgehead atoms. The molecule has 0 aromatic heterocycles. The fourth-order valence-electron chi connectivity index (χ4n) is 5.88. The summed E-state index contributed by atoms with van der Waals surface area (Å²) in [5.41, 5.74) is 0. The Morgan fingerprint density at radius 1 is 0.608 bits per heavy atom. The van der Waals surface area contributed by atoms with E-state index < -0.39 is 18.1 Å². The van der Waals surface area contributed by atoms with E-state index in [1.54, 1.807) is 0 Å². The molecule has 2 atom stereocenters. The Morgan fingerprint density at radius 3 is 1.61 bits per heavy atom. The van der Waals surface area contributed by atoms with E-state index in [-0.39, 0.29) is 42.7 Å². The maximum Gasteiger partial charge on any atom is 0.362 e. The molecule has 0 aromatic rings. The first-order valence-corrected chi connectivity index (χ1v) is 20.5. The van der Waals surface area contributed by atoms with Crippen LogP contribution >= 0.6 is 0 Å². The van der Waals surface area contributed by atoms with Gasteiger partial charge in [0, 0.05) is 19.3 Å². The summed E-state index contributed by atoms with van der Waals surface area (Å²) in [5, 5.41) is 9.59. The number of ether oxygens (including phenoxy) is 3. The first-order valence-electron chi connectivity index (χ1n) is 20.5. The average molecular weight is 721 g/mol. The normalized spacial score (nSPS) is 13.4. The molecule has 2 unspecified atom stereocenters. The fraction of sp³-hybridized carbons (Fsp3) is 0.791. The summed E-state index contributed by atoms with van der Waals surface area (Å²) >= 11 is 0. The van der Waals surface area contributed by atoms with Crippen molar-refractivity contribution in [1.82, 2.24) is 0 Å². The molecule has 1 N–H and O–H groups in total. The number of carboxylic acids is 1. The molecule has 0 aromatic carbocycles. The first kappa shape index (κ1) is 48.5. The number of esters is 2. The highest BCUT2D eigenvalue weighted by Gasteiger charge is 2.31. The highest BCUT2D eigenvalue weighted by molar-refractivity contribution is 5.72. The van der Waals surface area contributed by atoms with Gasteiger partial charge in [0.1, 0.15) is 6.61 Å². The van der Waals surface area contributed by atoms with Crippen LogP contribution in [-0.4, -0.2) is 80.6 Å². The number of allylic oxidation sites excluding steroid dienone is 6. The molecular formula is C43H78NO7+. The summed E-state index contributed by atoms with van der Waals surface area (Å²) in [6, 6.07) is -0.620. The van der Waals surface area contributed by atoms with Crippen LogP contribution in [0.5, 0.6) is 0 Å². The summed E-state index contributed by atoms with van der Waals surface area (Å²) in [5.74, 6) is -1.53. The van der Waals surface area contributed by atoms with E-state index in [9.17, 15) is 19.5 Å². The lowest BCUT2D eigenvalue weighted by atomic mass is 10.0. The molecule has 0 saturated carbocycles. The van der Waals surface area contributed by atoms with Crippen LogP contribution in [0.1, 0.15) is 168 Å². The number of carbonyl (C=O) groups excluding carboxylic acids is 2. The first-order chi connectivity index (χ1) is 24.6. The highest BCUT2D eigenvalue weighted by atomic mass is 16.6. The summed E-state index contributed by atoms with van der Waals surface area (Å²) in [6.07, 6.45) is 37.7. The Hall–Kier alpha value is -2.45. The van der Waals surface area contributed by atoms with E-state index in [0.717, 1.165) is 44.9 Å². The molecule has 0 spiro atoms. The topological polar surface area (TPSA) is 99.1 Å². The predicted molar refractivity (Wildman–Crippen MR) is 211 cm³/mol. The fourth-order valence-corrected chi connectivity index (χ4v) is 5.88. The zero-order valence-electron chi connectivity index (χ0n) is 33.6. The number of carbonyl (C=O) groups is 3. The minimum atomic E-state index is -0.883. The second-order valence-electron chi connectivity index (χ2n) is 14.9. The standard InChI is InChI=1S/C43H77NO7/c1-6-8-10-12-14-16-18-19-20-21-22-24-25-27-29-31-33-41(45)50-38-39(37-49-36-35-40(43(47)48)44(3,4)5)51-42(46)34-32-30-28-26-23-17-15-13-11-9-7-2/h9,11,15,17,26,28,39-40H,6-8,10,12-14,16,18-25,27,29-38H2,1-5H3/p+1/b11-9+,17-15+,28-26+. The number of aliphatic carboxylic acids is 1. The van der Waals surface area contributed by atoms with E-state index in [4.69, 9.17) is 14.2 Å². The molecule has 0 fully saturated rings. The SMILES string of the molecule is CC/C=C/C/C=C/C/C=C/CCCC(=O)OC(COCCC(C(=O)O)[N+](C)(C)C)COC(=O)CCCCCCCCCCCCCCCCCC. The Bertz CT molecular complexity index is 937. The molecule has 0 amide bonds. The Kier molecular flexibility index (Phi) is 33.0.